The van der Waals surface area contributed by atoms with Crippen molar-refractivity contribution in [2.24, 2.45) is 0 Å². The monoisotopic (exact) mass is 300 g/mol. The zero-order valence-electron chi connectivity index (χ0n) is 11.3. The Morgan fingerprint density at radius 3 is 2.57 bits per heavy atom. The maximum Gasteiger partial charge on any atom is 0.224 e. The standard InChI is InChI=1S/C16H13ClN2O2/c1-21-16-11-7-8-12(17)13(14(11)18-9-19-16)15(20)10-5-3-2-4-6-10/h2-9,15,20H,1H3. The van der Waals surface area contributed by atoms with Crippen molar-refractivity contribution < 1.29 is 9.84 Å². The number of benzene rings is 2. The van der Waals surface area contributed by atoms with E-state index in [4.69, 9.17) is 16.3 Å². The number of hydrogen-bond donors (Lipinski definition) is 1. The Morgan fingerprint density at radius 2 is 1.86 bits per heavy atom. The zero-order valence-corrected chi connectivity index (χ0v) is 12.1. The van der Waals surface area contributed by atoms with E-state index in [0.29, 0.717) is 22.0 Å². The van der Waals surface area contributed by atoms with Gasteiger partial charge in [-0.25, -0.2) is 9.97 Å². The lowest BCUT2D eigenvalue weighted by molar-refractivity contribution is 0.221. The first-order chi connectivity index (χ1) is 10.2. The van der Waals surface area contributed by atoms with Crippen molar-refractivity contribution in [3.8, 4) is 5.88 Å². The van der Waals surface area contributed by atoms with E-state index in [1.807, 2.05) is 30.3 Å². The number of hydrogen-bond acceptors (Lipinski definition) is 4. The Kier molecular flexibility index (Phi) is 3.73. The highest BCUT2D eigenvalue weighted by atomic mass is 35.5. The fraction of sp³-hybridized carbons (Fsp3) is 0.125. The molecule has 106 valence electrons. The number of methoxy groups -OCH3 is 1. The highest BCUT2D eigenvalue weighted by molar-refractivity contribution is 6.32. The smallest absolute Gasteiger partial charge is 0.224 e. The van der Waals surface area contributed by atoms with Crippen molar-refractivity contribution >= 4 is 22.5 Å². The summed E-state index contributed by atoms with van der Waals surface area (Å²) in [5.41, 5.74) is 1.90. The van der Waals surface area contributed by atoms with E-state index in [0.717, 1.165) is 10.9 Å². The lowest BCUT2D eigenvalue weighted by Crippen LogP contribution is -2.03. The summed E-state index contributed by atoms with van der Waals surface area (Å²) in [4.78, 5) is 8.33. The highest BCUT2D eigenvalue weighted by Crippen LogP contribution is 2.35. The van der Waals surface area contributed by atoms with E-state index in [9.17, 15) is 5.11 Å². The average molecular weight is 301 g/mol. The van der Waals surface area contributed by atoms with E-state index in [1.165, 1.54) is 6.33 Å². The summed E-state index contributed by atoms with van der Waals surface area (Å²) in [5, 5.41) is 11.8. The minimum atomic E-state index is -0.859. The van der Waals surface area contributed by atoms with Crippen LogP contribution in [-0.4, -0.2) is 22.2 Å². The van der Waals surface area contributed by atoms with Gasteiger partial charge in [0.15, 0.2) is 0 Å². The van der Waals surface area contributed by atoms with Crippen LogP contribution in [0.4, 0.5) is 0 Å². The third-order valence-corrected chi connectivity index (χ3v) is 3.67. The zero-order chi connectivity index (χ0) is 14.8. The molecule has 0 bridgehead atoms. The molecule has 2 aromatic carbocycles. The van der Waals surface area contributed by atoms with Crippen molar-refractivity contribution in [2.75, 3.05) is 7.11 Å². The Hall–Kier alpha value is -2.17. The number of ether oxygens (including phenoxy) is 1. The van der Waals surface area contributed by atoms with Crippen LogP contribution in [-0.2, 0) is 0 Å². The van der Waals surface area contributed by atoms with Gasteiger partial charge >= 0.3 is 0 Å². The van der Waals surface area contributed by atoms with Crippen molar-refractivity contribution in [1.82, 2.24) is 9.97 Å². The number of aliphatic hydroxyl groups excluding tert-OH is 1. The first-order valence-electron chi connectivity index (χ1n) is 6.42. The number of rotatable bonds is 3. The molecule has 0 saturated carbocycles. The molecule has 3 rings (SSSR count). The molecule has 4 nitrogen and oxygen atoms in total. The number of nitrogens with zero attached hydrogens (tertiary/aromatic N) is 2. The van der Waals surface area contributed by atoms with Gasteiger partial charge in [0.2, 0.25) is 5.88 Å². The van der Waals surface area contributed by atoms with Gasteiger partial charge in [-0.15, -0.1) is 0 Å². The predicted molar refractivity (Wildman–Crippen MR) is 81.6 cm³/mol. The molecular formula is C16H13ClN2O2. The van der Waals surface area contributed by atoms with Crippen molar-refractivity contribution in [3.63, 3.8) is 0 Å². The molecule has 1 N–H and O–H groups in total. The molecular weight excluding hydrogens is 288 g/mol. The van der Waals surface area contributed by atoms with Gasteiger partial charge in [-0.05, 0) is 17.7 Å². The molecule has 0 aliphatic rings. The molecule has 1 heterocycles. The van der Waals surface area contributed by atoms with E-state index < -0.39 is 6.10 Å². The fourth-order valence-electron chi connectivity index (χ4n) is 2.33. The summed E-state index contributed by atoms with van der Waals surface area (Å²) >= 11 is 6.28. The van der Waals surface area contributed by atoms with Crippen LogP contribution >= 0.6 is 11.6 Å². The topological polar surface area (TPSA) is 55.2 Å². The molecule has 0 radical (unpaired) electrons. The Balaban J connectivity index is 2.24. The Bertz CT molecular complexity index is 778. The second-order valence-electron chi connectivity index (χ2n) is 4.55. The summed E-state index contributed by atoms with van der Waals surface area (Å²) in [7, 11) is 1.55. The van der Waals surface area contributed by atoms with Gasteiger partial charge in [0, 0.05) is 10.6 Å². The molecule has 1 atom stereocenters. The number of aliphatic hydroxyl groups is 1. The number of halogens is 1. The maximum atomic E-state index is 10.6. The first-order valence-corrected chi connectivity index (χ1v) is 6.80. The van der Waals surface area contributed by atoms with Gasteiger partial charge in [-0.2, -0.15) is 0 Å². The van der Waals surface area contributed by atoms with Gasteiger partial charge in [0.25, 0.3) is 0 Å². The van der Waals surface area contributed by atoms with Crippen LogP contribution in [0.3, 0.4) is 0 Å². The minimum absolute atomic E-state index is 0.457. The molecule has 21 heavy (non-hydrogen) atoms. The van der Waals surface area contributed by atoms with Gasteiger partial charge in [0.1, 0.15) is 12.4 Å². The first kappa shape index (κ1) is 13.8. The Morgan fingerprint density at radius 1 is 1.10 bits per heavy atom. The lowest BCUT2D eigenvalue weighted by atomic mass is 9.99. The van der Waals surface area contributed by atoms with Gasteiger partial charge in [-0.1, -0.05) is 41.9 Å². The lowest BCUT2D eigenvalue weighted by Gasteiger charge is -2.16. The summed E-state index contributed by atoms with van der Waals surface area (Å²) in [6.07, 6.45) is 0.542. The van der Waals surface area contributed by atoms with E-state index in [2.05, 4.69) is 9.97 Å². The number of aromatic nitrogens is 2. The largest absolute Gasteiger partial charge is 0.480 e. The van der Waals surface area contributed by atoms with Crippen molar-refractivity contribution in [1.29, 1.82) is 0 Å². The maximum absolute atomic E-state index is 10.6. The molecule has 0 fully saturated rings. The van der Waals surface area contributed by atoms with Crippen molar-refractivity contribution in [3.05, 3.63) is 64.9 Å². The average Bonchev–Trinajstić information content (AvgIpc) is 2.54. The van der Waals surface area contributed by atoms with Crippen LogP contribution in [0.5, 0.6) is 5.88 Å². The molecule has 0 spiro atoms. The second-order valence-corrected chi connectivity index (χ2v) is 4.96. The molecule has 0 aliphatic carbocycles. The fourth-order valence-corrected chi connectivity index (χ4v) is 2.58. The number of fused-ring (bicyclic) bond motifs is 1. The molecule has 0 saturated heterocycles. The molecule has 0 amide bonds. The van der Waals surface area contributed by atoms with E-state index in [-0.39, 0.29) is 0 Å². The quantitative estimate of drug-likeness (QED) is 0.805. The summed E-state index contributed by atoms with van der Waals surface area (Å²) in [6, 6.07) is 12.8. The van der Waals surface area contributed by atoms with E-state index in [1.54, 1.807) is 19.2 Å². The van der Waals surface area contributed by atoms with Crippen LogP contribution in [0.25, 0.3) is 10.9 Å². The third-order valence-electron chi connectivity index (χ3n) is 3.34. The van der Waals surface area contributed by atoms with Crippen LogP contribution in [0.2, 0.25) is 5.02 Å². The predicted octanol–water partition coefficient (Wildman–Crippen LogP) is 3.37. The molecule has 0 aliphatic heterocycles. The summed E-state index contributed by atoms with van der Waals surface area (Å²) < 4.78 is 5.23. The van der Waals surface area contributed by atoms with Crippen LogP contribution in [0, 0.1) is 0 Å². The normalized spacial score (nSPS) is 12.3. The molecule has 1 aromatic heterocycles. The Labute approximate surface area is 127 Å². The van der Waals surface area contributed by atoms with E-state index >= 15 is 0 Å². The van der Waals surface area contributed by atoms with Gasteiger partial charge in [-0.3, -0.25) is 0 Å². The molecule has 5 heteroatoms. The SMILES string of the molecule is COc1ncnc2c(C(O)c3ccccc3)c(Cl)ccc12. The third kappa shape index (κ3) is 2.44. The van der Waals surface area contributed by atoms with Crippen LogP contribution in [0.1, 0.15) is 17.2 Å². The van der Waals surface area contributed by atoms with Crippen LogP contribution in [0.15, 0.2) is 48.8 Å². The van der Waals surface area contributed by atoms with Crippen LogP contribution < -0.4 is 4.74 Å². The highest BCUT2D eigenvalue weighted by Gasteiger charge is 2.19. The molecule has 1 unspecified atom stereocenters. The second kappa shape index (κ2) is 5.68. The summed E-state index contributed by atoms with van der Waals surface area (Å²) in [6.45, 7) is 0. The van der Waals surface area contributed by atoms with Gasteiger partial charge in [0.05, 0.1) is 18.0 Å². The molecule has 3 aromatic rings. The van der Waals surface area contributed by atoms with Crippen molar-refractivity contribution in [2.45, 2.75) is 6.10 Å². The summed E-state index contributed by atoms with van der Waals surface area (Å²) in [5.74, 6) is 0.457. The van der Waals surface area contributed by atoms with Gasteiger partial charge < -0.3 is 9.84 Å². The minimum Gasteiger partial charge on any atom is -0.480 e.